The Morgan fingerprint density at radius 3 is 1.16 bits per heavy atom. The first-order valence-electron chi connectivity index (χ1n) is 7.25. The molecule has 0 aliphatic carbocycles. The van der Waals surface area contributed by atoms with E-state index in [0.29, 0.717) is 6.42 Å². The van der Waals surface area contributed by atoms with Crippen LogP contribution in [-0.2, 0) is 47.2 Å². The van der Waals surface area contributed by atoms with Gasteiger partial charge < -0.3 is 47.5 Å². The van der Waals surface area contributed by atoms with Gasteiger partial charge in [0.05, 0.1) is 18.3 Å². The molecular formula is C12H27Na3O6P2S2. The van der Waals surface area contributed by atoms with Gasteiger partial charge in [0, 0.05) is 6.80 Å². The van der Waals surface area contributed by atoms with Gasteiger partial charge in [-0.1, -0.05) is 20.8 Å². The standard InChI is InChI=1S/C8H19O3PS.C4H11O3PS.3Na/c1-5-7(3)10-12(9,13)11-8(4)6-2;1-3-4(2)7-8(5,6)9;;;/h7-8H,5-6H2,1-4H3,(H,9,13);4H,3H2,1-2H3,(H2,5,6,9);;;/q;;3*+1/p-3. The summed E-state index contributed by atoms with van der Waals surface area (Å²) in [6.07, 6.45) is 1.73. The molecule has 0 aliphatic heterocycles. The molecule has 136 valence electrons. The van der Waals surface area contributed by atoms with Crippen LogP contribution in [0.3, 0.4) is 0 Å². The minimum Gasteiger partial charge on any atom is -0.797 e. The summed E-state index contributed by atoms with van der Waals surface area (Å²) < 4.78 is 36.4. The Bertz CT molecular complexity index is 374. The summed E-state index contributed by atoms with van der Waals surface area (Å²) in [5.41, 5.74) is 0. The zero-order chi connectivity index (χ0) is 18.0. The Labute approximate surface area is 230 Å². The fourth-order valence-corrected chi connectivity index (χ4v) is 4.05. The van der Waals surface area contributed by atoms with Crippen molar-refractivity contribution in [3.63, 3.8) is 0 Å². The van der Waals surface area contributed by atoms with E-state index in [0.717, 1.165) is 12.8 Å². The summed E-state index contributed by atoms with van der Waals surface area (Å²) in [6.45, 7) is 3.89. The average molecular weight is 462 g/mol. The third-order valence-electron chi connectivity index (χ3n) is 2.65. The number of hydrogen-bond acceptors (Lipinski definition) is 8. The molecular weight excluding hydrogens is 435 g/mol. The molecule has 0 aliphatic rings. The first-order chi connectivity index (χ1) is 9.86. The van der Waals surface area contributed by atoms with E-state index in [4.69, 9.17) is 21.3 Å². The van der Waals surface area contributed by atoms with Crippen molar-refractivity contribution in [3.8, 4) is 0 Å². The third-order valence-corrected chi connectivity index (χ3v) is 5.28. The third kappa shape index (κ3) is 30.3. The van der Waals surface area contributed by atoms with Crippen molar-refractivity contribution in [2.75, 3.05) is 0 Å². The molecule has 0 bridgehead atoms. The maximum atomic E-state index is 11.5. The Kier molecular flexibility index (Phi) is 33.5. The quantitative estimate of drug-likeness (QED) is 0.192. The van der Waals surface area contributed by atoms with E-state index in [1.165, 1.54) is 0 Å². The summed E-state index contributed by atoms with van der Waals surface area (Å²) >= 11 is 8.74. The molecule has 13 heteroatoms. The molecule has 0 rings (SSSR count). The van der Waals surface area contributed by atoms with Crippen LogP contribution in [0.5, 0.6) is 0 Å². The summed E-state index contributed by atoms with van der Waals surface area (Å²) in [4.78, 5) is 10.2. The van der Waals surface area contributed by atoms with Crippen LogP contribution in [0.1, 0.15) is 60.8 Å². The molecule has 6 nitrogen and oxygen atoms in total. The van der Waals surface area contributed by atoms with Crippen molar-refractivity contribution >= 4 is 38.1 Å². The molecule has 0 fully saturated rings. The largest absolute Gasteiger partial charge is 1.00 e. The first kappa shape index (κ1) is 39.5. The molecule has 0 amide bonds. The number of hydrogen-bond donors (Lipinski definition) is 0. The van der Waals surface area contributed by atoms with Gasteiger partial charge in [-0.2, -0.15) is 0 Å². The van der Waals surface area contributed by atoms with E-state index in [1.807, 2.05) is 34.6 Å². The van der Waals surface area contributed by atoms with Gasteiger partial charge in [0.15, 0.2) is 6.80 Å². The van der Waals surface area contributed by atoms with Gasteiger partial charge in [-0.3, -0.25) is 4.57 Å². The Morgan fingerprint density at radius 1 is 0.760 bits per heavy atom. The Balaban J connectivity index is -0.0000001000. The monoisotopic (exact) mass is 462 g/mol. The van der Waals surface area contributed by atoms with Crippen LogP contribution in [0.2, 0.25) is 0 Å². The van der Waals surface area contributed by atoms with Crippen LogP contribution >= 0.6 is 13.6 Å². The van der Waals surface area contributed by atoms with Gasteiger partial charge in [-0.05, 0) is 40.0 Å². The van der Waals surface area contributed by atoms with Crippen molar-refractivity contribution in [3.05, 3.63) is 0 Å². The number of rotatable bonds is 9. The fraction of sp³-hybridized carbons (Fsp3) is 1.00. The van der Waals surface area contributed by atoms with Crippen molar-refractivity contribution in [2.45, 2.75) is 79.1 Å². The van der Waals surface area contributed by atoms with Gasteiger partial charge in [-0.15, -0.1) is 0 Å². The van der Waals surface area contributed by atoms with E-state index in [1.54, 1.807) is 6.92 Å². The van der Waals surface area contributed by atoms with Crippen LogP contribution in [0.25, 0.3) is 0 Å². The molecule has 0 N–H and O–H groups in total. The van der Waals surface area contributed by atoms with Gasteiger partial charge in [-0.25, -0.2) is 0 Å². The molecule has 0 saturated heterocycles. The molecule has 4 unspecified atom stereocenters. The van der Waals surface area contributed by atoms with Crippen LogP contribution in [0.15, 0.2) is 0 Å². The normalized spacial score (nSPS) is 18.3. The van der Waals surface area contributed by atoms with Crippen molar-refractivity contribution in [1.82, 2.24) is 0 Å². The summed E-state index contributed by atoms with van der Waals surface area (Å²) in [5, 5.41) is 0. The van der Waals surface area contributed by atoms with Crippen LogP contribution < -0.4 is 93.6 Å². The molecule has 0 aromatic rings. The maximum Gasteiger partial charge on any atom is 1.00 e. The van der Waals surface area contributed by atoms with E-state index < -0.39 is 13.6 Å². The molecule has 0 radical (unpaired) electrons. The van der Waals surface area contributed by atoms with Gasteiger partial charge in [0.25, 0.3) is 0 Å². The molecule has 25 heavy (non-hydrogen) atoms. The van der Waals surface area contributed by atoms with Crippen molar-refractivity contribution in [1.29, 1.82) is 0 Å². The van der Waals surface area contributed by atoms with E-state index in [2.05, 4.69) is 16.8 Å². The maximum absolute atomic E-state index is 11.5. The predicted molar refractivity (Wildman–Crippen MR) is 92.5 cm³/mol. The summed E-state index contributed by atoms with van der Waals surface area (Å²) in [7, 11) is 0. The fourth-order valence-electron chi connectivity index (χ4n) is 0.910. The average Bonchev–Trinajstić information content (AvgIpc) is 2.35. The molecule has 0 heterocycles. The van der Waals surface area contributed by atoms with Gasteiger partial charge in [0.1, 0.15) is 0 Å². The second-order valence-corrected chi connectivity index (χ2v) is 9.97. The zero-order valence-corrected chi connectivity index (χ0v) is 26.4. The molecule has 4 atom stereocenters. The van der Waals surface area contributed by atoms with E-state index in [-0.39, 0.29) is 107 Å². The topological polar surface area (TPSA) is 84.9 Å². The molecule has 0 spiro atoms. The van der Waals surface area contributed by atoms with Crippen molar-refractivity contribution < 1.29 is 116 Å². The second-order valence-electron chi connectivity index (χ2n) is 4.87. The van der Waals surface area contributed by atoms with Crippen LogP contribution in [-0.4, -0.2) is 18.3 Å². The SMILES string of the molecule is CCC(C)OP(=O)([O-])[S-].CCC(C)OP(=O)([S-])OC(C)CC.[Na+].[Na+].[Na+]. The van der Waals surface area contributed by atoms with E-state index in [9.17, 15) is 14.0 Å². The minimum absolute atomic E-state index is 0. The molecule has 0 saturated carbocycles. The molecule has 0 aromatic carbocycles. The smallest absolute Gasteiger partial charge is 0.797 e. The van der Waals surface area contributed by atoms with Crippen LogP contribution in [0.4, 0.5) is 0 Å². The Hall–Kier alpha value is 4.00. The van der Waals surface area contributed by atoms with Gasteiger partial charge in [0.2, 0.25) is 0 Å². The molecule has 0 aromatic heterocycles. The summed E-state index contributed by atoms with van der Waals surface area (Å²) in [6, 6.07) is 0. The van der Waals surface area contributed by atoms with Crippen molar-refractivity contribution in [2.24, 2.45) is 0 Å². The van der Waals surface area contributed by atoms with E-state index >= 15 is 0 Å². The van der Waals surface area contributed by atoms with Gasteiger partial charge >= 0.3 is 88.7 Å². The second kappa shape index (κ2) is 21.2. The first-order valence-corrected chi connectivity index (χ1v) is 12.4. The van der Waals surface area contributed by atoms with Crippen LogP contribution in [0, 0.1) is 0 Å². The minimum atomic E-state index is -3.91. The summed E-state index contributed by atoms with van der Waals surface area (Å²) in [5.74, 6) is 0. The predicted octanol–water partition coefficient (Wildman–Crippen LogP) is -4.90. The zero-order valence-electron chi connectivity index (χ0n) is 17.0. The Morgan fingerprint density at radius 2 is 1.00 bits per heavy atom.